The van der Waals surface area contributed by atoms with Crippen LogP contribution in [0.4, 0.5) is 5.82 Å². The maximum Gasteiger partial charge on any atom is 0.338 e. The standard InChI is InChI=1S/C21H22N6O3/c1-11-12(2-3-13-16(11)9-30-21(13)29)17(28)8-26-6-14-15(7-26)18(14)24-19-20-25-23-10-27(20)5-4-22-19/h2-5,10,14-15,17-18,28H,6-9H2,1H3,(H,22,24). The normalized spacial score (nSPS) is 25.8. The molecular weight excluding hydrogens is 384 g/mol. The minimum absolute atomic E-state index is 0.274. The molecule has 1 saturated carbocycles. The highest BCUT2D eigenvalue weighted by atomic mass is 16.5. The van der Waals surface area contributed by atoms with Crippen molar-refractivity contribution in [1.82, 2.24) is 24.5 Å². The van der Waals surface area contributed by atoms with Crippen molar-refractivity contribution in [3.05, 3.63) is 53.1 Å². The van der Waals surface area contributed by atoms with Crippen molar-refractivity contribution in [2.75, 3.05) is 25.0 Å². The highest BCUT2D eigenvalue weighted by molar-refractivity contribution is 5.93. The number of rotatable bonds is 5. The Labute approximate surface area is 172 Å². The monoisotopic (exact) mass is 406 g/mol. The molecule has 4 heterocycles. The number of anilines is 1. The van der Waals surface area contributed by atoms with Crippen LogP contribution in [0.2, 0.25) is 0 Å². The van der Waals surface area contributed by atoms with E-state index in [2.05, 4.69) is 25.4 Å². The molecule has 2 aliphatic heterocycles. The van der Waals surface area contributed by atoms with E-state index in [1.165, 1.54) is 0 Å². The minimum atomic E-state index is -0.582. The molecule has 1 aromatic carbocycles. The number of benzene rings is 1. The third kappa shape index (κ3) is 2.69. The third-order valence-electron chi connectivity index (χ3n) is 6.79. The van der Waals surface area contributed by atoms with E-state index in [0.717, 1.165) is 41.2 Å². The van der Waals surface area contributed by atoms with Crippen molar-refractivity contribution in [3.8, 4) is 0 Å². The van der Waals surface area contributed by atoms with Crippen LogP contribution < -0.4 is 5.32 Å². The number of nitrogens with one attached hydrogen (secondary N) is 1. The highest BCUT2D eigenvalue weighted by Gasteiger charge is 2.56. The van der Waals surface area contributed by atoms with Crippen LogP contribution >= 0.6 is 0 Å². The topological polar surface area (TPSA) is 105 Å². The second-order valence-corrected chi connectivity index (χ2v) is 8.45. The third-order valence-corrected chi connectivity index (χ3v) is 6.79. The van der Waals surface area contributed by atoms with Crippen molar-refractivity contribution in [1.29, 1.82) is 0 Å². The van der Waals surface area contributed by atoms with Crippen LogP contribution in [0.15, 0.2) is 30.9 Å². The van der Waals surface area contributed by atoms with Crippen LogP contribution in [0.25, 0.3) is 5.65 Å². The molecule has 0 amide bonds. The average molecular weight is 406 g/mol. The summed E-state index contributed by atoms with van der Waals surface area (Å²) in [6, 6.07) is 4.02. The Kier molecular flexibility index (Phi) is 3.84. The number of hydrogen-bond acceptors (Lipinski definition) is 8. The number of carbonyl (C=O) groups is 1. The fourth-order valence-electron chi connectivity index (χ4n) is 5.07. The second-order valence-electron chi connectivity index (χ2n) is 8.45. The molecule has 3 aromatic rings. The van der Waals surface area contributed by atoms with Gasteiger partial charge in [0, 0.05) is 43.6 Å². The molecular formula is C21H22N6O3. The highest BCUT2D eigenvalue weighted by Crippen LogP contribution is 2.47. The fourth-order valence-corrected chi connectivity index (χ4v) is 5.07. The molecule has 0 radical (unpaired) electrons. The van der Waals surface area contributed by atoms with Crippen LogP contribution in [0.3, 0.4) is 0 Å². The lowest BCUT2D eigenvalue weighted by Crippen LogP contribution is -2.32. The fraction of sp³-hybridized carbons (Fsp3) is 0.429. The molecule has 3 unspecified atom stereocenters. The van der Waals surface area contributed by atoms with Gasteiger partial charge in [-0.25, -0.2) is 9.78 Å². The van der Waals surface area contributed by atoms with E-state index in [4.69, 9.17) is 4.74 Å². The number of hydrogen-bond donors (Lipinski definition) is 2. The van der Waals surface area contributed by atoms with Crippen molar-refractivity contribution in [2.45, 2.75) is 25.7 Å². The number of likely N-dealkylation sites (tertiary alicyclic amines) is 1. The Hall–Kier alpha value is -3.04. The first-order valence-corrected chi connectivity index (χ1v) is 10.2. The van der Waals surface area contributed by atoms with Gasteiger partial charge in [-0.1, -0.05) is 6.07 Å². The molecule has 154 valence electrons. The maximum atomic E-state index is 11.7. The number of carbonyl (C=O) groups excluding carboxylic acids is 1. The van der Waals surface area contributed by atoms with Gasteiger partial charge < -0.3 is 15.2 Å². The molecule has 9 heteroatoms. The molecule has 1 saturated heterocycles. The average Bonchev–Trinajstić information content (AvgIpc) is 3.18. The number of esters is 1. The first-order valence-electron chi connectivity index (χ1n) is 10.2. The maximum absolute atomic E-state index is 11.7. The smallest absolute Gasteiger partial charge is 0.338 e. The SMILES string of the molecule is Cc1c(C(O)CN2CC3C(C2)C3Nc2nccn3cnnc23)ccc2c1COC2=O. The zero-order valence-electron chi connectivity index (χ0n) is 16.5. The molecule has 6 rings (SSSR count). The minimum Gasteiger partial charge on any atom is -0.457 e. The molecule has 0 bridgehead atoms. The van der Waals surface area contributed by atoms with Gasteiger partial charge in [-0.15, -0.1) is 10.2 Å². The summed E-state index contributed by atoms with van der Waals surface area (Å²) < 4.78 is 6.98. The van der Waals surface area contributed by atoms with Gasteiger partial charge in [0.25, 0.3) is 0 Å². The number of nitrogens with zero attached hydrogens (tertiary/aromatic N) is 5. The van der Waals surface area contributed by atoms with Gasteiger partial charge in [0.05, 0.1) is 11.7 Å². The van der Waals surface area contributed by atoms with Crippen LogP contribution in [-0.2, 0) is 11.3 Å². The summed E-state index contributed by atoms with van der Waals surface area (Å²) >= 11 is 0. The summed E-state index contributed by atoms with van der Waals surface area (Å²) in [4.78, 5) is 18.5. The molecule has 2 fully saturated rings. The first kappa shape index (κ1) is 17.8. The van der Waals surface area contributed by atoms with Gasteiger partial charge in [0.1, 0.15) is 12.9 Å². The van der Waals surface area contributed by atoms with Gasteiger partial charge >= 0.3 is 5.97 Å². The first-order chi connectivity index (χ1) is 14.6. The van der Waals surface area contributed by atoms with E-state index in [9.17, 15) is 9.90 Å². The summed E-state index contributed by atoms with van der Waals surface area (Å²) in [5.41, 5.74) is 4.10. The summed E-state index contributed by atoms with van der Waals surface area (Å²) in [6.45, 7) is 4.74. The van der Waals surface area contributed by atoms with Crippen LogP contribution in [0.1, 0.15) is 33.2 Å². The number of aliphatic hydroxyl groups is 1. The van der Waals surface area contributed by atoms with Gasteiger partial charge in [-0.2, -0.15) is 0 Å². The Morgan fingerprint density at radius 3 is 3.00 bits per heavy atom. The summed E-state index contributed by atoms with van der Waals surface area (Å²) in [5, 5.41) is 22.4. The zero-order chi connectivity index (χ0) is 20.4. The van der Waals surface area contributed by atoms with Gasteiger partial charge in [-0.05, 0) is 36.0 Å². The Morgan fingerprint density at radius 1 is 1.33 bits per heavy atom. The van der Waals surface area contributed by atoms with Crippen LogP contribution in [-0.4, -0.2) is 61.2 Å². The molecule has 30 heavy (non-hydrogen) atoms. The van der Waals surface area contributed by atoms with E-state index < -0.39 is 6.10 Å². The zero-order valence-corrected chi connectivity index (χ0v) is 16.5. The number of fused-ring (bicyclic) bond motifs is 3. The number of cyclic esters (lactones) is 1. The molecule has 0 spiro atoms. The van der Waals surface area contributed by atoms with Crippen molar-refractivity contribution in [3.63, 3.8) is 0 Å². The van der Waals surface area contributed by atoms with E-state index in [-0.39, 0.29) is 5.97 Å². The lowest BCUT2D eigenvalue weighted by atomic mass is 9.95. The second kappa shape index (κ2) is 6.48. The molecule has 3 aliphatic rings. The molecule has 1 aliphatic carbocycles. The van der Waals surface area contributed by atoms with E-state index in [1.807, 2.05) is 23.6 Å². The lowest BCUT2D eigenvalue weighted by Gasteiger charge is -2.24. The van der Waals surface area contributed by atoms with Crippen molar-refractivity contribution in [2.24, 2.45) is 11.8 Å². The van der Waals surface area contributed by atoms with E-state index in [0.29, 0.717) is 36.6 Å². The number of aliphatic hydroxyl groups excluding tert-OH is 1. The Bertz CT molecular complexity index is 1150. The number of aromatic nitrogens is 4. The predicted octanol–water partition coefficient (Wildman–Crippen LogP) is 1.18. The number of β-amino-alcohol motifs (C(OH)–C–C–N with tert-alkyl or cyclic N) is 1. The predicted molar refractivity (Wildman–Crippen MR) is 107 cm³/mol. The summed E-state index contributed by atoms with van der Waals surface area (Å²) in [6.07, 6.45) is 4.67. The summed E-state index contributed by atoms with van der Waals surface area (Å²) in [7, 11) is 0. The quantitative estimate of drug-likeness (QED) is 0.609. The molecule has 3 atom stereocenters. The number of piperidine rings is 1. The van der Waals surface area contributed by atoms with Crippen molar-refractivity contribution >= 4 is 17.4 Å². The van der Waals surface area contributed by atoms with Gasteiger partial charge in [0.15, 0.2) is 5.82 Å². The summed E-state index contributed by atoms with van der Waals surface area (Å²) in [5.74, 6) is 1.60. The van der Waals surface area contributed by atoms with Crippen LogP contribution in [0, 0.1) is 18.8 Å². The van der Waals surface area contributed by atoms with E-state index >= 15 is 0 Å². The Morgan fingerprint density at radius 2 is 2.17 bits per heavy atom. The Balaban J connectivity index is 1.09. The number of ether oxygens (including phenoxy) is 1. The van der Waals surface area contributed by atoms with Crippen LogP contribution in [0.5, 0.6) is 0 Å². The lowest BCUT2D eigenvalue weighted by molar-refractivity contribution is 0.0535. The largest absolute Gasteiger partial charge is 0.457 e. The molecule has 2 aromatic heterocycles. The van der Waals surface area contributed by atoms with Crippen molar-refractivity contribution < 1.29 is 14.6 Å². The van der Waals surface area contributed by atoms with Gasteiger partial charge in [-0.3, -0.25) is 9.30 Å². The van der Waals surface area contributed by atoms with Gasteiger partial charge in [0.2, 0.25) is 5.65 Å². The molecule has 2 N–H and O–H groups in total. The van der Waals surface area contributed by atoms with E-state index in [1.54, 1.807) is 18.6 Å². The molecule has 9 nitrogen and oxygen atoms in total.